The molecule has 0 fully saturated rings. The van der Waals surface area contributed by atoms with Crippen molar-refractivity contribution in [3.05, 3.63) is 58.9 Å². The first-order valence-electron chi connectivity index (χ1n) is 6.40. The zero-order chi connectivity index (χ0) is 15.6. The minimum absolute atomic E-state index is 0.0927. The fourth-order valence-electron chi connectivity index (χ4n) is 1.87. The predicted octanol–water partition coefficient (Wildman–Crippen LogP) is 2.50. The quantitative estimate of drug-likeness (QED) is 0.852. The third-order valence-corrected chi connectivity index (χ3v) is 4.75. The van der Waals surface area contributed by atoms with E-state index in [2.05, 4.69) is 4.72 Å². The van der Waals surface area contributed by atoms with Gasteiger partial charge in [0.25, 0.3) is 0 Å². The number of nitrogen functional groups attached to an aromatic ring is 1. The van der Waals surface area contributed by atoms with E-state index in [-0.39, 0.29) is 17.3 Å². The molecule has 0 aliphatic rings. The Hall–Kier alpha value is -1.92. The van der Waals surface area contributed by atoms with Crippen LogP contribution in [0, 0.1) is 19.7 Å². The third-order valence-electron chi connectivity index (χ3n) is 3.37. The molecule has 2 aromatic carbocycles. The summed E-state index contributed by atoms with van der Waals surface area (Å²) in [6.45, 7) is 3.74. The van der Waals surface area contributed by atoms with Crippen molar-refractivity contribution in [2.75, 3.05) is 5.73 Å². The van der Waals surface area contributed by atoms with Crippen LogP contribution >= 0.6 is 0 Å². The summed E-state index contributed by atoms with van der Waals surface area (Å²) in [5.41, 5.74) is 8.61. The predicted molar refractivity (Wildman–Crippen MR) is 80.8 cm³/mol. The molecular weight excluding hydrogens is 291 g/mol. The Morgan fingerprint density at radius 1 is 1.14 bits per heavy atom. The van der Waals surface area contributed by atoms with Crippen LogP contribution in [0.25, 0.3) is 0 Å². The van der Waals surface area contributed by atoms with Gasteiger partial charge >= 0.3 is 0 Å². The number of halogens is 1. The normalized spacial score (nSPS) is 11.6. The van der Waals surface area contributed by atoms with Crippen LogP contribution < -0.4 is 10.5 Å². The third kappa shape index (κ3) is 3.59. The van der Waals surface area contributed by atoms with Gasteiger partial charge in [0.05, 0.1) is 4.90 Å². The van der Waals surface area contributed by atoms with Crippen LogP contribution in [-0.2, 0) is 16.6 Å². The summed E-state index contributed by atoms with van der Waals surface area (Å²) in [5.74, 6) is -0.358. The summed E-state index contributed by atoms with van der Waals surface area (Å²) in [5, 5.41) is 0. The van der Waals surface area contributed by atoms with Crippen molar-refractivity contribution in [1.82, 2.24) is 4.72 Å². The highest BCUT2D eigenvalue weighted by molar-refractivity contribution is 7.89. The van der Waals surface area contributed by atoms with Gasteiger partial charge in [-0.25, -0.2) is 17.5 Å². The fraction of sp³-hybridized carbons (Fsp3) is 0.200. The Kier molecular flexibility index (Phi) is 4.29. The number of sulfonamides is 1. The number of rotatable bonds is 4. The molecule has 0 spiro atoms. The molecule has 2 aromatic rings. The van der Waals surface area contributed by atoms with Crippen molar-refractivity contribution in [2.45, 2.75) is 25.3 Å². The van der Waals surface area contributed by atoms with E-state index in [1.54, 1.807) is 6.07 Å². The SMILES string of the molecule is Cc1cc(S(=O)(=O)NCc2ccc(F)cc2)cc(N)c1C. The van der Waals surface area contributed by atoms with Crippen molar-refractivity contribution in [1.29, 1.82) is 0 Å². The van der Waals surface area contributed by atoms with Crippen LogP contribution in [0.15, 0.2) is 41.3 Å². The highest BCUT2D eigenvalue weighted by Gasteiger charge is 2.16. The van der Waals surface area contributed by atoms with E-state index in [9.17, 15) is 12.8 Å². The second-order valence-electron chi connectivity index (χ2n) is 4.91. The second-order valence-corrected chi connectivity index (χ2v) is 6.67. The van der Waals surface area contributed by atoms with Gasteiger partial charge < -0.3 is 5.73 Å². The molecule has 0 unspecified atom stereocenters. The first-order chi connectivity index (χ1) is 9.79. The van der Waals surface area contributed by atoms with Crippen LogP contribution in [0.2, 0.25) is 0 Å². The highest BCUT2D eigenvalue weighted by Crippen LogP contribution is 2.21. The number of benzene rings is 2. The number of nitrogens with two attached hydrogens (primary N) is 1. The fourth-order valence-corrected chi connectivity index (χ4v) is 3.01. The lowest BCUT2D eigenvalue weighted by atomic mass is 10.1. The molecule has 3 N–H and O–H groups in total. The molecule has 0 aliphatic carbocycles. The summed E-state index contributed by atoms with van der Waals surface area (Å²) >= 11 is 0. The molecule has 21 heavy (non-hydrogen) atoms. The summed E-state index contributed by atoms with van der Waals surface area (Å²) in [6, 6.07) is 8.67. The van der Waals surface area contributed by atoms with E-state index in [1.165, 1.54) is 30.3 Å². The van der Waals surface area contributed by atoms with E-state index >= 15 is 0 Å². The van der Waals surface area contributed by atoms with Crippen LogP contribution in [0.3, 0.4) is 0 Å². The summed E-state index contributed by atoms with van der Waals surface area (Å²) in [7, 11) is -3.65. The topological polar surface area (TPSA) is 72.2 Å². The van der Waals surface area contributed by atoms with Crippen LogP contribution in [0.5, 0.6) is 0 Å². The Bertz CT molecular complexity index is 733. The van der Waals surface area contributed by atoms with Gasteiger partial charge in [-0.2, -0.15) is 0 Å². The molecule has 0 bridgehead atoms. The van der Waals surface area contributed by atoms with Crippen molar-refractivity contribution < 1.29 is 12.8 Å². The number of hydrogen-bond donors (Lipinski definition) is 2. The van der Waals surface area contributed by atoms with Gasteiger partial charge in [-0.05, 0) is 54.8 Å². The van der Waals surface area contributed by atoms with E-state index in [4.69, 9.17) is 5.73 Å². The van der Waals surface area contributed by atoms with Gasteiger partial charge in [0.1, 0.15) is 5.82 Å². The van der Waals surface area contributed by atoms with Crippen LogP contribution in [0.1, 0.15) is 16.7 Å². The molecule has 0 atom stereocenters. The number of hydrogen-bond acceptors (Lipinski definition) is 3. The maximum absolute atomic E-state index is 12.8. The van der Waals surface area contributed by atoms with Gasteiger partial charge in [-0.1, -0.05) is 12.1 Å². The molecule has 0 saturated carbocycles. The first-order valence-corrected chi connectivity index (χ1v) is 7.89. The largest absolute Gasteiger partial charge is 0.398 e. The van der Waals surface area contributed by atoms with Gasteiger partial charge in [-0.15, -0.1) is 0 Å². The molecule has 0 aliphatic heterocycles. The van der Waals surface area contributed by atoms with E-state index in [1.807, 2.05) is 13.8 Å². The Morgan fingerprint density at radius 3 is 2.33 bits per heavy atom. The summed E-state index contributed by atoms with van der Waals surface area (Å²) in [6.07, 6.45) is 0. The van der Waals surface area contributed by atoms with Crippen LogP contribution in [-0.4, -0.2) is 8.42 Å². The maximum atomic E-state index is 12.8. The molecule has 0 heterocycles. The monoisotopic (exact) mass is 308 g/mol. The molecule has 112 valence electrons. The van der Waals surface area contributed by atoms with E-state index in [0.29, 0.717) is 11.3 Å². The molecule has 2 rings (SSSR count). The lowest BCUT2D eigenvalue weighted by Crippen LogP contribution is -2.23. The minimum Gasteiger partial charge on any atom is -0.398 e. The van der Waals surface area contributed by atoms with Gasteiger partial charge in [0.15, 0.2) is 0 Å². The average Bonchev–Trinajstić information content (AvgIpc) is 2.43. The zero-order valence-electron chi connectivity index (χ0n) is 11.9. The van der Waals surface area contributed by atoms with Crippen molar-refractivity contribution in [3.8, 4) is 0 Å². The number of aryl methyl sites for hydroxylation is 1. The van der Waals surface area contributed by atoms with Gasteiger partial charge in [-0.3, -0.25) is 0 Å². The smallest absolute Gasteiger partial charge is 0.240 e. The molecule has 4 nitrogen and oxygen atoms in total. The lowest BCUT2D eigenvalue weighted by molar-refractivity contribution is 0.581. The first kappa shape index (κ1) is 15.5. The Labute approximate surface area is 123 Å². The molecule has 0 amide bonds. The van der Waals surface area contributed by atoms with Crippen molar-refractivity contribution >= 4 is 15.7 Å². The van der Waals surface area contributed by atoms with Gasteiger partial charge in [0.2, 0.25) is 10.0 Å². The van der Waals surface area contributed by atoms with Crippen molar-refractivity contribution in [3.63, 3.8) is 0 Å². The standard InChI is InChI=1S/C15H17FN2O2S/c1-10-7-14(8-15(17)11(10)2)21(19,20)18-9-12-3-5-13(16)6-4-12/h3-8,18H,9,17H2,1-2H3. The number of nitrogens with one attached hydrogen (secondary N) is 1. The van der Waals surface area contributed by atoms with E-state index < -0.39 is 10.0 Å². The van der Waals surface area contributed by atoms with Crippen LogP contribution in [0.4, 0.5) is 10.1 Å². The van der Waals surface area contributed by atoms with Crippen molar-refractivity contribution in [2.24, 2.45) is 0 Å². The summed E-state index contributed by atoms with van der Waals surface area (Å²) in [4.78, 5) is 0.130. The van der Waals surface area contributed by atoms with E-state index in [0.717, 1.165) is 11.1 Å². The second kappa shape index (κ2) is 5.83. The lowest BCUT2D eigenvalue weighted by Gasteiger charge is -2.11. The maximum Gasteiger partial charge on any atom is 0.240 e. The van der Waals surface area contributed by atoms with Gasteiger partial charge in [0, 0.05) is 12.2 Å². The average molecular weight is 308 g/mol. The Balaban J connectivity index is 2.20. The molecule has 0 aromatic heterocycles. The summed E-state index contributed by atoms with van der Waals surface area (Å²) < 4.78 is 39.8. The molecule has 6 heteroatoms. The minimum atomic E-state index is -3.65. The number of anilines is 1. The zero-order valence-corrected chi connectivity index (χ0v) is 12.7. The molecule has 0 radical (unpaired) electrons. The Morgan fingerprint density at radius 2 is 1.76 bits per heavy atom. The molecular formula is C15H17FN2O2S. The highest BCUT2D eigenvalue weighted by atomic mass is 32.2. The molecule has 0 saturated heterocycles.